The molecule has 0 saturated heterocycles. The zero-order chi connectivity index (χ0) is 15.6. The summed E-state index contributed by atoms with van der Waals surface area (Å²) in [6.45, 7) is 11.8. The first-order valence-corrected chi connectivity index (χ1v) is 7.39. The summed E-state index contributed by atoms with van der Waals surface area (Å²) in [6.07, 6.45) is 0. The van der Waals surface area contributed by atoms with Crippen LogP contribution in [0.5, 0.6) is 0 Å². The molecule has 1 aromatic carbocycles. The third-order valence-corrected chi connectivity index (χ3v) is 3.85. The molecule has 0 aliphatic carbocycles. The van der Waals surface area contributed by atoms with Gasteiger partial charge < -0.3 is 5.32 Å². The van der Waals surface area contributed by atoms with Crippen LogP contribution in [-0.2, 0) is 13.1 Å². The van der Waals surface area contributed by atoms with Crippen LogP contribution < -0.4 is 5.32 Å². The first-order chi connectivity index (χ1) is 9.88. The van der Waals surface area contributed by atoms with Crippen molar-refractivity contribution in [1.29, 1.82) is 0 Å². The summed E-state index contributed by atoms with van der Waals surface area (Å²) in [7, 11) is 0. The summed E-state index contributed by atoms with van der Waals surface area (Å²) in [5.41, 5.74) is 5.48. The topological polar surface area (TPSA) is 29.9 Å². The summed E-state index contributed by atoms with van der Waals surface area (Å²) < 4.78 is 15.4. The number of nitrogens with zero attached hydrogens (tertiary/aromatic N) is 2. The molecule has 0 aliphatic rings. The van der Waals surface area contributed by atoms with Gasteiger partial charge in [0, 0.05) is 23.8 Å². The maximum atomic E-state index is 13.4. The van der Waals surface area contributed by atoms with E-state index in [1.165, 1.54) is 11.6 Å². The molecule has 1 heterocycles. The van der Waals surface area contributed by atoms with Crippen molar-refractivity contribution >= 4 is 0 Å². The standard InChI is InChI=1S/C17H24FN3/c1-11(2)19-9-17-13(4)20-21(14(17)5)10-15-8-16(18)7-6-12(15)3/h6-8,11,19H,9-10H2,1-5H3. The van der Waals surface area contributed by atoms with Gasteiger partial charge in [0.25, 0.3) is 0 Å². The van der Waals surface area contributed by atoms with Gasteiger partial charge >= 0.3 is 0 Å². The molecule has 21 heavy (non-hydrogen) atoms. The largest absolute Gasteiger partial charge is 0.310 e. The van der Waals surface area contributed by atoms with E-state index in [4.69, 9.17) is 0 Å². The predicted octanol–water partition coefficient (Wildman–Crippen LogP) is 3.49. The van der Waals surface area contributed by atoms with Crippen molar-refractivity contribution in [3.63, 3.8) is 0 Å². The summed E-state index contributed by atoms with van der Waals surface area (Å²) >= 11 is 0. The van der Waals surface area contributed by atoms with Gasteiger partial charge in [-0.15, -0.1) is 0 Å². The number of aryl methyl sites for hydroxylation is 2. The van der Waals surface area contributed by atoms with E-state index in [-0.39, 0.29) is 5.82 Å². The fourth-order valence-electron chi connectivity index (χ4n) is 2.42. The summed E-state index contributed by atoms with van der Waals surface area (Å²) in [5.74, 6) is -0.196. The van der Waals surface area contributed by atoms with Crippen LogP contribution >= 0.6 is 0 Å². The summed E-state index contributed by atoms with van der Waals surface area (Å²) in [5, 5.41) is 8.04. The van der Waals surface area contributed by atoms with Crippen LogP contribution in [0.3, 0.4) is 0 Å². The summed E-state index contributed by atoms with van der Waals surface area (Å²) in [4.78, 5) is 0. The fraction of sp³-hybridized carbons (Fsp3) is 0.471. The fourth-order valence-corrected chi connectivity index (χ4v) is 2.42. The normalized spacial score (nSPS) is 11.4. The molecule has 3 nitrogen and oxygen atoms in total. The van der Waals surface area contributed by atoms with E-state index in [0.29, 0.717) is 12.6 Å². The van der Waals surface area contributed by atoms with Crippen LogP contribution in [0.25, 0.3) is 0 Å². The van der Waals surface area contributed by atoms with Crippen molar-refractivity contribution in [2.45, 2.75) is 53.8 Å². The van der Waals surface area contributed by atoms with Crippen LogP contribution in [0.15, 0.2) is 18.2 Å². The molecule has 0 amide bonds. The maximum Gasteiger partial charge on any atom is 0.123 e. The van der Waals surface area contributed by atoms with Crippen LogP contribution in [0.4, 0.5) is 4.39 Å². The van der Waals surface area contributed by atoms with Crippen LogP contribution in [-0.4, -0.2) is 15.8 Å². The third kappa shape index (κ3) is 3.70. The molecule has 0 aliphatic heterocycles. The minimum absolute atomic E-state index is 0.196. The molecule has 4 heteroatoms. The maximum absolute atomic E-state index is 13.4. The van der Waals surface area contributed by atoms with E-state index in [0.717, 1.165) is 29.1 Å². The quantitative estimate of drug-likeness (QED) is 0.913. The van der Waals surface area contributed by atoms with Crippen molar-refractivity contribution in [1.82, 2.24) is 15.1 Å². The Kier molecular flexibility index (Phi) is 4.78. The lowest BCUT2D eigenvalue weighted by Crippen LogP contribution is -2.22. The first kappa shape index (κ1) is 15.7. The van der Waals surface area contributed by atoms with Gasteiger partial charge in [0.2, 0.25) is 0 Å². The molecule has 1 N–H and O–H groups in total. The highest BCUT2D eigenvalue weighted by molar-refractivity contribution is 5.29. The van der Waals surface area contributed by atoms with Gasteiger partial charge in [-0.25, -0.2) is 4.39 Å². The number of nitrogens with one attached hydrogen (secondary N) is 1. The highest BCUT2D eigenvalue weighted by Gasteiger charge is 2.12. The number of hydrogen-bond donors (Lipinski definition) is 1. The number of hydrogen-bond acceptors (Lipinski definition) is 2. The van der Waals surface area contributed by atoms with Gasteiger partial charge in [0.05, 0.1) is 12.2 Å². The molecule has 0 bridgehead atoms. The number of aromatic nitrogens is 2. The molecular weight excluding hydrogens is 265 g/mol. The molecule has 0 fully saturated rings. The lowest BCUT2D eigenvalue weighted by Gasteiger charge is -2.10. The van der Waals surface area contributed by atoms with E-state index >= 15 is 0 Å². The Morgan fingerprint density at radius 1 is 1.24 bits per heavy atom. The molecule has 2 aromatic rings. The summed E-state index contributed by atoms with van der Waals surface area (Å²) in [6, 6.07) is 5.35. The highest BCUT2D eigenvalue weighted by Crippen LogP contribution is 2.17. The van der Waals surface area contributed by atoms with E-state index in [2.05, 4.69) is 31.2 Å². The molecule has 0 saturated carbocycles. The van der Waals surface area contributed by atoms with Crippen LogP contribution in [0.2, 0.25) is 0 Å². The predicted molar refractivity (Wildman–Crippen MR) is 83.9 cm³/mol. The minimum atomic E-state index is -0.196. The Morgan fingerprint density at radius 3 is 2.62 bits per heavy atom. The molecule has 0 atom stereocenters. The Hall–Kier alpha value is -1.68. The smallest absolute Gasteiger partial charge is 0.123 e. The molecular formula is C17H24FN3. The van der Waals surface area contributed by atoms with E-state index in [1.807, 2.05) is 24.6 Å². The van der Waals surface area contributed by atoms with Crippen LogP contribution in [0.1, 0.15) is 41.9 Å². The van der Waals surface area contributed by atoms with Gasteiger partial charge in [0.15, 0.2) is 0 Å². The average Bonchev–Trinajstić information content (AvgIpc) is 2.66. The van der Waals surface area contributed by atoms with Crippen molar-refractivity contribution in [3.8, 4) is 0 Å². The van der Waals surface area contributed by atoms with Gasteiger partial charge in [0.1, 0.15) is 5.82 Å². The number of rotatable bonds is 5. The van der Waals surface area contributed by atoms with Crippen LogP contribution in [0, 0.1) is 26.6 Å². The molecule has 2 rings (SSSR count). The van der Waals surface area contributed by atoms with Gasteiger partial charge in [-0.2, -0.15) is 5.10 Å². The van der Waals surface area contributed by atoms with E-state index in [9.17, 15) is 4.39 Å². The van der Waals surface area contributed by atoms with Gasteiger partial charge in [-0.05, 0) is 44.0 Å². The lowest BCUT2D eigenvalue weighted by atomic mass is 10.1. The van der Waals surface area contributed by atoms with Crippen molar-refractivity contribution in [2.75, 3.05) is 0 Å². The molecule has 114 valence electrons. The Bertz CT molecular complexity index is 629. The van der Waals surface area contributed by atoms with E-state index in [1.54, 1.807) is 6.07 Å². The van der Waals surface area contributed by atoms with Gasteiger partial charge in [-0.1, -0.05) is 19.9 Å². The van der Waals surface area contributed by atoms with E-state index < -0.39 is 0 Å². The van der Waals surface area contributed by atoms with Gasteiger partial charge in [-0.3, -0.25) is 4.68 Å². The minimum Gasteiger partial charge on any atom is -0.310 e. The lowest BCUT2D eigenvalue weighted by molar-refractivity contribution is 0.584. The SMILES string of the molecule is Cc1ccc(F)cc1Cn1nc(C)c(CNC(C)C)c1C. The number of benzene rings is 1. The van der Waals surface area contributed by atoms with Crippen molar-refractivity contribution in [3.05, 3.63) is 52.1 Å². The first-order valence-electron chi connectivity index (χ1n) is 7.39. The second kappa shape index (κ2) is 6.39. The second-order valence-electron chi connectivity index (χ2n) is 5.91. The Balaban J connectivity index is 2.25. The number of halogens is 1. The average molecular weight is 289 g/mol. The molecule has 0 unspecified atom stereocenters. The third-order valence-electron chi connectivity index (χ3n) is 3.85. The zero-order valence-electron chi connectivity index (χ0n) is 13.5. The monoisotopic (exact) mass is 289 g/mol. The Labute approximate surface area is 126 Å². The van der Waals surface area contributed by atoms with Crippen molar-refractivity contribution < 1.29 is 4.39 Å². The second-order valence-corrected chi connectivity index (χ2v) is 5.91. The molecule has 0 radical (unpaired) electrons. The highest BCUT2D eigenvalue weighted by atomic mass is 19.1. The molecule has 0 spiro atoms. The zero-order valence-corrected chi connectivity index (χ0v) is 13.5. The van der Waals surface area contributed by atoms with Crippen molar-refractivity contribution in [2.24, 2.45) is 0 Å². The molecule has 1 aromatic heterocycles. The Morgan fingerprint density at radius 2 is 1.95 bits per heavy atom.